The SMILES string of the molecule is CCCCNC(N)=NCC1C2Cc3ccccc3C12.I. The average molecular weight is 385 g/mol. The topological polar surface area (TPSA) is 50.4 Å². The number of nitrogens with zero attached hydrogens (tertiary/aromatic N) is 1. The number of nitrogens with one attached hydrogen (secondary N) is 1. The first-order valence-corrected chi connectivity index (χ1v) is 7.43. The first kappa shape index (κ1) is 15.6. The molecule has 4 heteroatoms. The van der Waals surface area contributed by atoms with E-state index >= 15 is 0 Å². The van der Waals surface area contributed by atoms with E-state index in [1.807, 2.05) is 0 Å². The van der Waals surface area contributed by atoms with Gasteiger partial charge < -0.3 is 11.1 Å². The zero-order valence-electron chi connectivity index (χ0n) is 12.0. The number of aliphatic imine (C=N–C) groups is 1. The largest absolute Gasteiger partial charge is 0.370 e. The highest BCUT2D eigenvalue weighted by Gasteiger charge is 2.54. The van der Waals surface area contributed by atoms with Crippen LogP contribution in [0.5, 0.6) is 0 Å². The molecule has 3 nitrogen and oxygen atoms in total. The third kappa shape index (κ3) is 3.10. The van der Waals surface area contributed by atoms with E-state index in [2.05, 4.69) is 41.5 Å². The van der Waals surface area contributed by atoms with Crippen LogP contribution < -0.4 is 11.1 Å². The molecule has 1 fully saturated rings. The average Bonchev–Trinajstić information content (AvgIpc) is 2.96. The van der Waals surface area contributed by atoms with Crippen LogP contribution in [-0.4, -0.2) is 19.0 Å². The quantitative estimate of drug-likeness (QED) is 0.355. The molecular weight excluding hydrogens is 361 g/mol. The monoisotopic (exact) mass is 385 g/mol. The molecule has 0 aromatic heterocycles. The Bertz CT molecular complexity index is 486. The minimum Gasteiger partial charge on any atom is -0.370 e. The van der Waals surface area contributed by atoms with Gasteiger partial charge in [-0.15, -0.1) is 24.0 Å². The second kappa shape index (κ2) is 6.78. The van der Waals surface area contributed by atoms with E-state index < -0.39 is 0 Å². The Kier molecular flexibility index (Phi) is 5.29. The zero-order chi connectivity index (χ0) is 13.2. The van der Waals surface area contributed by atoms with Gasteiger partial charge in [0.25, 0.3) is 0 Å². The minimum atomic E-state index is 0. The van der Waals surface area contributed by atoms with Gasteiger partial charge in [0.15, 0.2) is 5.96 Å². The van der Waals surface area contributed by atoms with Crippen LogP contribution in [0.25, 0.3) is 0 Å². The predicted molar refractivity (Wildman–Crippen MR) is 94.7 cm³/mol. The summed E-state index contributed by atoms with van der Waals surface area (Å²) in [5.74, 6) is 2.92. The second-order valence-corrected chi connectivity index (χ2v) is 5.76. The molecule has 0 aliphatic heterocycles. The van der Waals surface area contributed by atoms with E-state index in [0.717, 1.165) is 37.3 Å². The first-order valence-electron chi connectivity index (χ1n) is 7.43. The molecule has 1 saturated carbocycles. The standard InChI is InChI=1S/C16H23N3.HI/c1-2-3-8-18-16(17)19-10-14-13-9-11-6-4-5-7-12(11)15(13)14;/h4-7,13-15H,2-3,8-10H2,1H3,(H3,17,18,19);1H. The Hall–Kier alpha value is -0.780. The lowest BCUT2D eigenvalue weighted by atomic mass is 10.0. The normalized spacial score (nSPS) is 26.4. The highest BCUT2D eigenvalue weighted by molar-refractivity contribution is 14.0. The van der Waals surface area contributed by atoms with Crippen LogP contribution >= 0.6 is 24.0 Å². The van der Waals surface area contributed by atoms with Crippen molar-refractivity contribution in [3.63, 3.8) is 0 Å². The zero-order valence-corrected chi connectivity index (χ0v) is 14.3. The number of rotatable bonds is 5. The fourth-order valence-corrected chi connectivity index (χ4v) is 3.39. The number of halogens is 1. The fourth-order valence-electron chi connectivity index (χ4n) is 3.39. The van der Waals surface area contributed by atoms with Gasteiger partial charge in [0, 0.05) is 13.1 Å². The van der Waals surface area contributed by atoms with Gasteiger partial charge in [-0.1, -0.05) is 37.6 Å². The van der Waals surface area contributed by atoms with Crippen LogP contribution in [-0.2, 0) is 6.42 Å². The third-order valence-electron chi connectivity index (χ3n) is 4.51. The number of nitrogens with two attached hydrogens (primary N) is 1. The van der Waals surface area contributed by atoms with Crippen molar-refractivity contribution in [1.82, 2.24) is 5.32 Å². The molecule has 20 heavy (non-hydrogen) atoms. The number of guanidine groups is 1. The van der Waals surface area contributed by atoms with Crippen LogP contribution in [0, 0.1) is 11.8 Å². The van der Waals surface area contributed by atoms with Crippen molar-refractivity contribution in [1.29, 1.82) is 0 Å². The predicted octanol–water partition coefficient (Wildman–Crippen LogP) is 2.89. The maximum atomic E-state index is 5.87. The summed E-state index contributed by atoms with van der Waals surface area (Å²) in [6.45, 7) is 4.00. The molecule has 3 unspecified atom stereocenters. The number of unbranched alkanes of at least 4 members (excludes halogenated alkanes) is 1. The number of hydrogen-bond donors (Lipinski definition) is 2. The minimum absolute atomic E-state index is 0. The van der Waals surface area contributed by atoms with Crippen LogP contribution in [0.15, 0.2) is 29.3 Å². The molecule has 110 valence electrons. The second-order valence-electron chi connectivity index (χ2n) is 5.76. The Labute approximate surface area is 138 Å². The van der Waals surface area contributed by atoms with Gasteiger partial charge in [0.05, 0.1) is 0 Å². The summed E-state index contributed by atoms with van der Waals surface area (Å²) in [5.41, 5.74) is 8.98. The van der Waals surface area contributed by atoms with E-state index in [4.69, 9.17) is 5.73 Å². The highest BCUT2D eigenvalue weighted by atomic mass is 127. The van der Waals surface area contributed by atoms with Crippen molar-refractivity contribution in [3.05, 3.63) is 35.4 Å². The van der Waals surface area contributed by atoms with Crippen molar-refractivity contribution in [3.8, 4) is 0 Å². The first-order chi connectivity index (χ1) is 9.31. The van der Waals surface area contributed by atoms with Crippen LogP contribution in [0.3, 0.4) is 0 Å². The lowest BCUT2D eigenvalue weighted by molar-refractivity contribution is 0.693. The summed E-state index contributed by atoms with van der Waals surface area (Å²) >= 11 is 0. The van der Waals surface area contributed by atoms with Crippen molar-refractivity contribution < 1.29 is 0 Å². The van der Waals surface area contributed by atoms with Crippen molar-refractivity contribution in [2.24, 2.45) is 22.6 Å². The number of hydrogen-bond acceptors (Lipinski definition) is 1. The summed E-state index contributed by atoms with van der Waals surface area (Å²) < 4.78 is 0. The maximum Gasteiger partial charge on any atom is 0.188 e. The summed E-state index contributed by atoms with van der Waals surface area (Å²) in [6, 6.07) is 8.85. The molecule has 0 heterocycles. The molecule has 0 amide bonds. The summed E-state index contributed by atoms with van der Waals surface area (Å²) in [4.78, 5) is 4.50. The highest BCUT2D eigenvalue weighted by Crippen LogP contribution is 2.61. The van der Waals surface area contributed by atoms with Gasteiger partial charge >= 0.3 is 0 Å². The molecule has 0 saturated heterocycles. The van der Waals surface area contributed by atoms with E-state index in [9.17, 15) is 0 Å². The molecule has 1 aromatic carbocycles. The van der Waals surface area contributed by atoms with Gasteiger partial charge in [-0.3, -0.25) is 4.99 Å². The smallest absolute Gasteiger partial charge is 0.188 e. The summed E-state index contributed by atoms with van der Waals surface area (Å²) in [5, 5.41) is 3.18. The molecule has 3 rings (SSSR count). The van der Waals surface area contributed by atoms with Gasteiger partial charge in [0.1, 0.15) is 0 Å². The fraction of sp³-hybridized carbons (Fsp3) is 0.562. The van der Waals surface area contributed by atoms with Crippen LogP contribution in [0.1, 0.15) is 36.8 Å². The molecule has 3 atom stereocenters. The Balaban J connectivity index is 0.00000147. The Morgan fingerprint density at radius 1 is 1.40 bits per heavy atom. The van der Waals surface area contributed by atoms with E-state index in [-0.39, 0.29) is 24.0 Å². The van der Waals surface area contributed by atoms with Gasteiger partial charge in [0.2, 0.25) is 0 Å². The lowest BCUT2D eigenvalue weighted by Gasteiger charge is -2.07. The maximum absolute atomic E-state index is 5.87. The molecular formula is C16H24IN3. The molecule has 0 radical (unpaired) electrons. The van der Waals surface area contributed by atoms with Crippen molar-refractivity contribution >= 4 is 29.9 Å². The van der Waals surface area contributed by atoms with Crippen molar-refractivity contribution in [2.75, 3.05) is 13.1 Å². The molecule has 2 aliphatic rings. The summed E-state index contributed by atoms with van der Waals surface area (Å²) in [7, 11) is 0. The van der Waals surface area contributed by atoms with Gasteiger partial charge in [-0.05, 0) is 41.7 Å². The van der Waals surface area contributed by atoms with E-state index in [0.29, 0.717) is 5.96 Å². The number of fused-ring (bicyclic) bond motifs is 3. The van der Waals surface area contributed by atoms with E-state index in [1.54, 1.807) is 11.1 Å². The Morgan fingerprint density at radius 2 is 2.20 bits per heavy atom. The van der Waals surface area contributed by atoms with Crippen LogP contribution in [0.4, 0.5) is 0 Å². The molecule has 0 bridgehead atoms. The van der Waals surface area contributed by atoms with Crippen LogP contribution in [0.2, 0.25) is 0 Å². The molecule has 2 aliphatic carbocycles. The molecule has 3 N–H and O–H groups in total. The molecule has 0 spiro atoms. The third-order valence-corrected chi connectivity index (χ3v) is 4.51. The Morgan fingerprint density at radius 3 is 3.00 bits per heavy atom. The van der Waals surface area contributed by atoms with Gasteiger partial charge in [-0.25, -0.2) is 0 Å². The number of benzene rings is 1. The van der Waals surface area contributed by atoms with Crippen molar-refractivity contribution in [2.45, 2.75) is 32.1 Å². The summed E-state index contributed by atoms with van der Waals surface area (Å²) in [6.07, 6.45) is 3.58. The van der Waals surface area contributed by atoms with E-state index in [1.165, 1.54) is 12.8 Å². The lowest BCUT2D eigenvalue weighted by Crippen LogP contribution is -2.32. The molecule has 1 aromatic rings. The van der Waals surface area contributed by atoms with Gasteiger partial charge in [-0.2, -0.15) is 0 Å².